The van der Waals surface area contributed by atoms with Crippen molar-refractivity contribution in [2.45, 2.75) is 33.7 Å². The number of aryl methyl sites for hydroxylation is 1. The molecule has 17 heavy (non-hydrogen) atoms. The van der Waals surface area contributed by atoms with E-state index in [1.807, 2.05) is 25.7 Å². The summed E-state index contributed by atoms with van der Waals surface area (Å²) in [7, 11) is 0. The Morgan fingerprint density at radius 2 is 1.94 bits per heavy atom. The summed E-state index contributed by atoms with van der Waals surface area (Å²) < 4.78 is 0. The quantitative estimate of drug-likeness (QED) is 0.788. The first kappa shape index (κ1) is 13.2. The Balaban J connectivity index is 3.22. The van der Waals surface area contributed by atoms with Crippen LogP contribution in [0.5, 0.6) is 0 Å². The van der Waals surface area contributed by atoms with Crippen LogP contribution in [-0.2, 0) is 4.79 Å². The number of nitrogens with zero attached hydrogens (tertiary/aromatic N) is 3. The van der Waals surface area contributed by atoms with E-state index in [1.165, 1.54) is 0 Å². The molecule has 1 aromatic heterocycles. The Labute approximate surface area is 101 Å². The van der Waals surface area contributed by atoms with E-state index in [1.54, 1.807) is 6.92 Å². The number of hydrogen-bond acceptors (Lipinski definition) is 5. The molecule has 0 atom stereocenters. The molecule has 0 saturated carbocycles. The first-order chi connectivity index (χ1) is 7.82. The molecule has 0 unspecified atom stereocenters. The SMILES string of the molecule is Cc1nc(N)c(C)c(N(CC(N)=O)C(C)C)n1. The molecule has 94 valence electrons. The predicted molar refractivity (Wildman–Crippen MR) is 67.6 cm³/mol. The van der Waals surface area contributed by atoms with Gasteiger partial charge in [0, 0.05) is 11.6 Å². The van der Waals surface area contributed by atoms with Gasteiger partial charge in [-0.25, -0.2) is 9.97 Å². The van der Waals surface area contributed by atoms with Gasteiger partial charge in [0.05, 0.1) is 6.54 Å². The average molecular weight is 237 g/mol. The topological polar surface area (TPSA) is 98.1 Å². The maximum absolute atomic E-state index is 11.1. The number of amides is 1. The number of hydrogen-bond donors (Lipinski definition) is 2. The molecule has 0 radical (unpaired) electrons. The number of aromatic nitrogens is 2. The van der Waals surface area contributed by atoms with Crippen LogP contribution < -0.4 is 16.4 Å². The number of anilines is 2. The molecule has 1 aromatic rings. The van der Waals surface area contributed by atoms with Gasteiger partial charge in [0.15, 0.2) is 0 Å². The van der Waals surface area contributed by atoms with Gasteiger partial charge >= 0.3 is 0 Å². The summed E-state index contributed by atoms with van der Waals surface area (Å²) >= 11 is 0. The maximum atomic E-state index is 11.1. The van der Waals surface area contributed by atoms with Crippen LogP contribution in [0, 0.1) is 13.8 Å². The Morgan fingerprint density at radius 3 is 2.41 bits per heavy atom. The second kappa shape index (κ2) is 4.99. The number of primary amides is 1. The van der Waals surface area contributed by atoms with Gasteiger partial charge in [0.25, 0.3) is 0 Å². The predicted octanol–water partition coefficient (Wildman–Crippen LogP) is 0.376. The highest BCUT2D eigenvalue weighted by atomic mass is 16.1. The van der Waals surface area contributed by atoms with E-state index in [0.29, 0.717) is 17.5 Å². The first-order valence-electron chi connectivity index (χ1n) is 5.48. The average Bonchev–Trinajstić information content (AvgIpc) is 2.19. The standard InChI is InChI=1S/C11H19N5O/c1-6(2)16(5-9(12)17)11-7(3)10(13)14-8(4)15-11/h6H,5H2,1-4H3,(H2,12,17)(H2,13,14,15). The molecule has 4 N–H and O–H groups in total. The summed E-state index contributed by atoms with van der Waals surface area (Å²) in [6.45, 7) is 7.66. The van der Waals surface area contributed by atoms with E-state index in [9.17, 15) is 4.79 Å². The van der Waals surface area contributed by atoms with Crippen LogP contribution in [0.2, 0.25) is 0 Å². The van der Waals surface area contributed by atoms with Crippen molar-refractivity contribution in [2.24, 2.45) is 5.73 Å². The molecule has 0 saturated heterocycles. The first-order valence-corrected chi connectivity index (χ1v) is 5.48. The molecule has 1 amide bonds. The molecule has 0 bridgehead atoms. The minimum absolute atomic E-state index is 0.106. The van der Waals surface area contributed by atoms with Gasteiger partial charge in [-0.3, -0.25) is 4.79 Å². The monoisotopic (exact) mass is 237 g/mol. The highest BCUT2D eigenvalue weighted by molar-refractivity contribution is 5.80. The lowest BCUT2D eigenvalue weighted by atomic mass is 10.2. The van der Waals surface area contributed by atoms with E-state index in [-0.39, 0.29) is 12.6 Å². The fourth-order valence-electron chi connectivity index (χ4n) is 1.58. The lowest BCUT2D eigenvalue weighted by molar-refractivity contribution is -0.116. The van der Waals surface area contributed by atoms with E-state index >= 15 is 0 Å². The summed E-state index contributed by atoms with van der Waals surface area (Å²) in [4.78, 5) is 21.3. The molecule has 0 aliphatic heterocycles. The van der Waals surface area contributed by atoms with Crippen molar-refractivity contribution in [2.75, 3.05) is 17.2 Å². The van der Waals surface area contributed by atoms with Crippen LogP contribution in [-0.4, -0.2) is 28.5 Å². The number of carbonyl (C=O) groups is 1. The summed E-state index contributed by atoms with van der Waals surface area (Å²) in [5, 5.41) is 0. The van der Waals surface area contributed by atoms with Crippen molar-refractivity contribution in [3.8, 4) is 0 Å². The molecule has 6 heteroatoms. The highest BCUT2D eigenvalue weighted by Crippen LogP contribution is 2.22. The molecule has 1 heterocycles. The van der Waals surface area contributed by atoms with E-state index in [2.05, 4.69) is 9.97 Å². The fourth-order valence-corrected chi connectivity index (χ4v) is 1.58. The fraction of sp³-hybridized carbons (Fsp3) is 0.545. The minimum Gasteiger partial charge on any atom is -0.383 e. The molecule has 0 aliphatic rings. The normalized spacial score (nSPS) is 10.6. The molecular formula is C11H19N5O. The molecule has 0 spiro atoms. The number of nitrogens with two attached hydrogens (primary N) is 2. The second-order valence-corrected chi connectivity index (χ2v) is 4.29. The van der Waals surface area contributed by atoms with Crippen molar-refractivity contribution in [1.82, 2.24) is 9.97 Å². The Morgan fingerprint density at radius 1 is 1.35 bits per heavy atom. The van der Waals surface area contributed by atoms with Gasteiger partial charge in [-0.1, -0.05) is 0 Å². The van der Waals surface area contributed by atoms with Gasteiger partial charge in [0.1, 0.15) is 17.5 Å². The van der Waals surface area contributed by atoms with Crippen LogP contribution in [0.3, 0.4) is 0 Å². The number of rotatable bonds is 4. The van der Waals surface area contributed by atoms with E-state index < -0.39 is 5.91 Å². The molecule has 0 aromatic carbocycles. The molecule has 6 nitrogen and oxygen atoms in total. The Hall–Kier alpha value is -1.85. The van der Waals surface area contributed by atoms with Crippen LogP contribution in [0.15, 0.2) is 0 Å². The number of nitrogen functional groups attached to an aromatic ring is 1. The third-order valence-electron chi connectivity index (χ3n) is 2.49. The van der Waals surface area contributed by atoms with Gasteiger partial charge in [-0.15, -0.1) is 0 Å². The van der Waals surface area contributed by atoms with E-state index in [0.717, 1.165) is 5.56 Å². The largest absolute Gasteiger partial charge is 0.383 e. The smallest absolute Gasteiger partial charge is 0.237 e. The van der Waals surface area contributed by atoms with Gasteiger partial charge in [0.2, 0.25) is 5.91 Å². The summed E-state index contributed by atoms with van der Waals surface area (Å²) in [6.07, 6.45) is 0. The second-order valence-electron chi connectivity index (χ2n) is 4.29. The molecule has 1 rings (SSSR count). The molecule has 0 fully saturated rings. The minimum atomic E-state index is -0.395. The number of carbonyl (C=O) groups excluding carboxylic acids is 1. The van der Waals surface area contributed by atoms with Crippen molar-refractivity contribution in [1.29, 1.82) is 0 Å². The van der Waals surface area contributed by atoms with Gasteiger partial charge < -0.3 is 16.4 Å². The van der Waals surface area contributed by atoms with Gasteiger partial charge in [-0.05, 0) is 27.7 Å². The van der Waals surface area contributed by atoms with Crippen molar-refractivity contribution < 1.29 is 4.79 Å². The van der Waals surface area contributed by atoms with Crippen molar-refractivity contribution >= 4 is 17.5 Å². The van der Waals surface area contributed by atoms with Gasteiger partial charge in [-0.2, -0.15) is 0 Å². The van der Waals surface area contributed by atoms with Crippen molar-refractivity contribution in [3.05, 3.63) is 11.4 Å². The lowest BCUT2D eigenvalue weighted by Crippen LogP contribution is -2.39. The maximum Gasteiger partial charge on any atom is 0.237 e. The molecule has 0 aliphatic carbocycles. The van der Waals surface area contributed by atoms with Crippen LogP contribution in [0.1, 0.15) is 25.2 Å². The summed E-state index contributed by atoms with van der Waals surface area (Å²) in [5.41, 5.74) is 11.8. The zero-order valence-corrected chi connectivity index (χ0v) is 10.7. The third-order valence-corrected chi connectivity index (χ3v) is 2.49. The highest BCUT2D eigenvalue weighted by Gasteiger charge is 2.18. The third kappa shape index (κ3) is 3.05. The van der Waals surface area contributed by atoms with Crippen LogP contribution in [0.25, 0.3) is 0 Å². The zero-order valence-electron chi connectivity index (χ0n) is 10.7. The zero-order chi connectivity index (χ0) is 13.2. The van der Waals surface area contributed by atoms with E-state index in [4.69, 9.17) is 11.5 Å². The van der Waals surface area contributed by atoms with Crippen LogP contribution >= 0.6 is 0 Å². The Kier molecular flexibility index (Phi) is 3.88. The Bertz CT molecular complexity index is 430. The lowest BCUT2D eigenvalue weighted by Gasteiger charge is -2.28. The van der Waals surface area contributed by atoms with Crippen LogP contribution in [0.4, 0.5) is 11.6 Å². The summed E-state index contributed by atoms with van der Waals surface area (Å²) in [5.74, 6) is 1.29. The van der Waals surface area contributed by atoms with Crippen molar-refractivity contribution in [3.63, 3.8) is 0 Å². The molecular weight excluding hydrogens is 218 g/mol. The summed E-state index contributed by atoms with van der Waals surface area (Å²) in [6, 6.07) is 0.106.